The molecule has 2 aromatic rings. The normalized spacial score (nSPS) is 34.0. The van der Waals surface area contributed by atoms with Crippen LogP contribution in [0.1, 0.15) is 33.6 Å². The van der Waals surface area contributed by atoms with E-state index in [0.29, 0.717) is 11.7 Å². The topological polar surface area (TPSA) is 30.0 Å². The second-order valence-electron chi connectivity index (χ2n) is 7.05. The summed E-state index contributed by atoms with van der Waals surface area (Å²) < 4.78 is 2.25. The van der Waals surface area contributed by atoms with Gasteiger partial charge in [0.25, 0.3) is 0 Å². The third kappa shape index (κ3) is 1.72. The molecule has 2 saturated carbocycles. The van der Waals surface area contributed by atoms with Gasteiger partial charge in [0.2, 0.25) is 0 Å². The van der Waals surface area contributed by atoms with Crippen molar-refractivity contribution in [1.82, 2.24) is 4.98 Å². The van der Waals surface area contributed by atoms with Gasteiger partial charge in [-0.15, -0.1) is 11.3 Å². The van der Waals surface area contributed by atoms with Gasteiger partial charge in [0.15, 0.2) is 10.1 Å². The molecule has 0 unspecified atom stereocenters. The highest BCUT2D eigenvalue weighted by Crippen LogP contribution is 2.66. The number of ketones is 1. The minimum Gasteiger partial charge on any atom is -0.298 e. The Balaban J connectivity index is 1.68. The third-order valence-corrected chi connectivity index (χ3v) is 8.43. The fourth-order valence-electron chi connectivity index (χ4n) is 4.15. The van der Waals surface area contributed by atoms with Gasteiger partial charge in [-0.1, -0.05) is 44.7 Å². The summed E-state index contributed by atoms with van der Waals surface area (Å²) >= 11 is 3.42. The van der Waals surface area contributed by atoms with Crippen molar-refractivity contribution in [2.45, 2.75) is 43.2 Å². The number of Topliss-reactive ketones (excluding diaryl/α,β-unsaturated/α-hetero) is 1. The molecule has 0 N–H and O–H groups in total. The number of benzene rings is 1. The van der Waals surface area contributed by atoms with Crippen molar-refractivity contribution in [3.8, 4) is 0 Å². The number of thioether (sulfide) groups is 1. The molecule has 0 spiro atoms. The zero-order chi connectivity index (χ0) is 14.8. The van der Waals surface area contributed by atoms with Crippen LogP contribution in [0, 0.1) is 16.7 Å². The van der Waals surface area contributed by atoms with Crippen LogP contribution in [0.2, 0.25) is 0 Å². The number of fused-ring (bicyclic) bond motifs is 3. The molecule has 0 aliphatic heterocycles. The van der Waals surface area contributed by atoms with E-state index in [2.05, 4.69) is 26.8 Å². The van der Waals surface area contributed by atoms with Crippen LogP contribution in [0.4, 0.5) is 0 Å². The first kappa shape index (κ1) is 13.8. The molecule has 1 aromatic heterocycles. The molecule has 2 nitrogen and oxygen atoms in total. The van der Waals surface area contributed by atoms with E-state index in [1.165, 1.54) is 11.1 Å². The molecule has 2 aliphatic carbocycles. The third-order valence-electron chi connectivity index (χ3n) is 5.97. The quantitative estimate of drug-likeness (QED) is 0.798. The van der Waals surface area contributed by atoms with E-state index in [0.717, 1.165) is 16.3 Å². The highest BCUT2D eigenvalue weighted by molar-refractivity contribution is 8.02. The van der Waals surface area contributed by atoms with Crippen molar-refractivity contribution in [2.24, 2.45) is 16.7 Å². The van der Waals surface area contributed by atoms with Crippen LogP contribution in [0.15, 0.2) is 28.6 Å². The van der Waals surface area contributed by atoms with Crippen molar-refractivity contribution in [3.63, 3.8) is 0 Å². The Kier molecular flexibility index (Phi) is 2.84. The minimum atomic E-state index is -0.133. The number of aromatic nitrogens is 1. The summed E-state index contributed by atoms with van der Waals surface area (Å²) in [5, 5.41) is 0.0966. The monoisotopic (exact) mass is 317 g/mol. The average Bonchev–Trinajstić information content (AvgIpc) is 2.99. The van der Waals surface area contributed by atoms with E-state index < -0.39 is 0 Å². The number of carbonyl (C=O) groups excluding carboxylic acids is 1. The van der Waals surface area contributed by atoms with E-state index in [4.69, 9.17) is 4.98 Å². The predicted molar refractivity (Wildman–Crippen MR) is 88.9 cm³/mol. The molecular formula is C17H19NOS2. The maximum Gasteiger partial charge on any atom is 0.152 e. The summed E-state index contributed by atoms with van der Waals surface area (Å²) in [6.07, 6.45) is 2.23. The largest absolute Gasteiger partial charge is 0.298 e. The first-order valence-electron chi connectivity index (χ1n) is 7.50. The Hall–Kier alpha value is -0.870. The maximum atomic E-state index is 12.9. The Labute approximate surface area is 133 Å². The van der Waals surface area contributed by atoms with Crippen LogP contribution in [0.25, 0.3) is 10.2 Å². The highest BCUT2D eigenvalue weighted by Gasteiger charge is 2.66. The fourth-order valence-corrected chi connectivity index (χ4v) is 7.00. The molecule has 0 saturated heterocycles. The Morgan fingerprint density at radius 1 is 1.29 bits per heavy atom. The van der Waals surface area contributed by atoms with Gasteiger partial charge in [0.1, 0.15) is 0 Å². The number of rotatable bonds is 2. The molecule has 3 atom stereocenters. The zero-order valence-corrected chi connectivity index (χ0v) is 14.2. The molecule has 4 heteroatoms. The number of nitrogens with zero attached hydrogens (tertiary/aromatic N) is 1. The summed E-state index contributed by atoms with van der Waals surface area (Å²) in [5.41, 5.74) is 1.04. The molecule has 2 fully saturated rings. The van der Waals surface area contributed by atoms with E-state index in [1.807, 2.05) is 18.2 Å². The first-order chi connectivity index (χ1) is 9.93. The summed E-state index contributed by atoms with van der Waals surface area (Å²) in [4.78, 5) is 17.6. The lowest BCUT2D eigenvalue weighted by Crippen LogP contribution is -2.34. The van der Waals surface area contributed by atoms with Crippen molar-refractivity contribution in [1.29, 1.82) is 0 Å². The van der Waals surface area contributed by atoms with Crippen molar-refractivity contribution >= 4 is 39.1 Å². The highest BCUT2D eigenvalue weighted by atomic mass is 32.2. The molecule has 110 valence electrons. The molecular weight excluding hydrogens is 298 g/mol. The molecule has 4 rings (SSSR count). The standard InChI is InChI=1S/C17H19NOS2/c1-16(2)10-8-9-17(16,3)14(19)13(10)21-15-18-11-6-4-5-7-12(11)20-15/h4-7,10,13H,8-9H2,1-3H3/t10-,13+,17-/m0/s1. The lowest BCUT2D eigenvalue weighted by atomic mass is 9.70. The molecule has 21 heavy (non-hydrogen) atoms. The van der Waals surface area contributed by atoms with Crippen molar-refractivity contribution in [3.05, 3.63) is 24.3 Å². The van der Waals surface area contributed by atoms with Crippen molar-refractivity contribution in [2.75, 3.05) is 0 Å². The van der Waals surface area contributed by atoms with Gasteiger partial charge in [-0.3, -0.25) is 4.79 Å². The Bertz CT molecular complexity index is 702. The lowest BCUT2D eigenvalue weighted by Gasteiger charge is -2.32. The number of hydrogen-bond acceptors (Lipinski definition) is 4. The zero-order valence-electron chi connectivity index (χ0n) is 12.6. The smallest absolute Gasteiger partial charge is 0.152 e. The number of para-hydroxylation sites is 1. The summed E-state index contributed by atoms with van der Waals surface area (Å²) in [5.74, 6) is 0.944. The SMILES string of the molecule is CC1(C)[C@H]2CC[C@@]1(C)C(=O)[C@@H]2Sc1nc2ccccc2s1. The fraction of sp³-hybridized carbons (Fsp3) is 0.529. The van der Waals surface area contributed by atoms with Crippen LogP contribution < -0.4 is 0 Å². The molecule has 1 heterocycles. The number of hydrogen-bond donors (Lipinski definition) is 0. The summed E-state index contributed by atoms with van der Waals surface area (Å²) in [6, 6.07) is 8.21. The molecule has 0 radical (unpaired) electrons. The van der Waals surface area contributed by atoms with Gasteiger partial charge in [0.05, 0.1) is 15.5 Å². The van der Waals surface area contributed by atoms with Crippen LogP contribution >= 0.6 is 23.1 Å². The molecule has 2 bridgehead atoms. The lowest BCUT2D eigenvalue weighted by molar-refractivity contribution is -0.127. The van der Waals surface area contributed by atoms with Crippen LogP contribution in [-0.2, 0) is 4.79 Å². The molecule has 1 aromatic carbocycles. The minimum absolute atomic E-state index is 0.0966. The second kappa shape index (κ2) is 4.32. The average molecular weight is 317 g/mol. The van der Waals surface area contributed by atoms with Crippen LogP contribution in [-0.4, -0.2) is 16.0 Å². The van der Waals surface area contributed by atoms with Gasteiger partial charge >= 0.3 is 0 Å². The Morgan fingerprint density at radius 2 is 2.05 bits per heavy atom. The van der Waals surface area contributed by atoms with Crippen LogP contribution in [0.5, 0.6) is 0 Å². The van der Waals surface area contributed by atoms with E-state index >= 15 is 0 Å². The number of carbonyl (C=O) groups is 1. The second-order valence-corrected chi connectivity index (χ2v) is 9.47. The van der Waals surface area contributed by atoms with Gasteiger partial charge in [0, 0.05) is 5.41 Å². The van der Waals surface area contributed by atoms with E-state index in [-0.39, 0.29) is 16.1 Å². The summed E-state index contributed by atoms with van der Waals surface area (Å²) in [7, 11) is 0. The molecule has 0 amide bonds. The summed E-state index contributed by atoms with van der Waals surface area (Å²) in [6.45, 7) is 6.73. The van der Waals surface area contributed by atoms with Gasteiger partial charge in [-0.05, 0) is 36.3 Å². The van der Waals surface area contributed by atoms with Crippen molar-refractivity contribution < 1.29 is 4.79 Å². The Morgan fingerprint density at radius 3 is 2.71 bits per heavy atom. The first-order valence-corrected chi connectivity index (χ1v) is 9.20. The van der Waals surface area contributed by atoms with E-state index in [1.54, 1.807) is 23.1 Å². The van der Waals surface area contributed by atoms with Gasteiger partial charge in [-0.2, -0.15) is 0 Å². The molecule has 2 aliphatic rings. The van der Waals surface area contributed by atoms with Gasteiger partial charge in [-0.25, -0.2) is 4.98 Å². The maximum absolute atomic E-state index is 12.9. The van der Waals surface area contributed by atoms with E-state index in [9.17, 15) is 4.79 Å². The predicted octanol–water partition coefficient (Wildman–Crippen LogP) is 4.78. The number of thiazole rings is 1. The van der Waals surface area contributed by atoms with Gasteiger partial charge < -0.3 is 0 Å². The van der Waals surface area contributed by atoms with Crippen LogP contribution in [0.3, 0.4) is 0 Å².